The molecule has 13 heavy (non-hydrogen) atoms. The monoisotopic (exact) mass is 178 g/mol. The molecular weight excluding hydrogens is 160 g/mol. The van der Waals surface area contributed by atoms with Gasteiger partial charge in [0, 0.05) is 24.5 Å². The second-order valence-corrected chi connectivity index (χ2v) is 3.48. The largest absolute Gasteiger partial charge is 0.308 e. The first-order valence-electron chi connectivity index (χ1n) is 4.90. The molecule has 0 aromatic carbocycles. The zero-order valence-corrected chi connectivity index (χ0v) is 8.62. The summed E-state index contributed by atoms with van der Waals surface area (Å²) in [6.07, 6.45) is 4.88. The molecule has 72 valence electrons. The fourth-order valence-electron chi connectivity index (χ4n) is 1.27. The van der Waals surface area contributed by atoms with Crippen LogP contribution in [0, 0.1) is 0 Å². The summed E-state index contributed by atoms with van der Waals surface area (Å²) in [6, 6.07) is 5.04. The van der Waals surface area contributed by atoms with E-state index in [0.29, 0.717) is 12.1 Å². The molecule has 0 spiro atoms. The summed E-state index contributed by atoms with van der Waals surface area (Å²) >= 11 is 0. The minimum Gasteiger partial charge on any atom is -0.308 e. The second kappa shape index (κ2) is 4.97. The van der Waals surface area contributed by atoms with Crippen LogP contribution in [0.1, 0.15) is 38.8 Å². The van der Waals surface area contributed by atoms with E-state index in [1.54, 1.807) is 6.20 Å². The maximum Gasteiger partial charge on any atom is 0.0315 e. The molecule has 0 fully saturated rings. The molecule has 1 heterocycles. The zero-order chi connectivity index (χ0) is 9.68. The number of rotatable bonds is 4. The number of pyridine rings is 1. The van der Waals surface area contributed by atoms with Gasteiger partial charge in [-0.25, -0.2) is 0 Å². The lowest BCUT2D eigenvalue weighted by molar-refractivity contribution is 0.468. The number of aromatic nitrogens is 1. The van der Waals surface area contributed by atoms with Gasteiger partial charge in [0.2, 0.25) is 0 Å². The maximum absolute atomic E-state index is 4.10. The van der Waals surface area contributed by atoms with Crippen LogP contribution < -0.4 is 5.32 Å². The van der Waals surface area contributed by atoms with E-state index < -0.39 is 0 Å². The summed E-state index contributed by atoms with van der Waals surface area (Å²) in [4.78, 5) is 4.10. The van der Waals surface area contributed by atoms with Gasteiger partial charge in [-0.2, -0.15) is 0 Å². The minimum atomic E-state index is 0.392. The van der Waals surface area contributed by atoms with E-state index in [1.165, 1.54) is 5.56 Å². The van der Waals surface area contributed by atoms with Crippen molar-refractivity contribution in [2.75, 3.05) is 0 Å². The molecule has 1 aromatic heterocycles. The van der Waals surface area contributed by atoms with Crippen LogP contribution in [-0.2, 0) is 0 Å². The zero-order valence-electron chi connectivity index (χ0n) is 8.62. The molecule has 0 aliphatic carbocycles. The van der Waals surface area contributed by atoms with Crippen molar-refractivity contribution < 1.29 is 0 Å². The molecule has 2 nitrogen and oxygen atoms in total. The Morgan fingerprint density at radius 3 is 2.77 bits per heavy atom. The Labute approximate surface area is 80.4 Å². The molecule has 2 atom stereocenters. The normalized spacial score (nSPS) is 15.3. The average Bonchev–Trinajstić information content (AvgIpc) is 2.19. The molecule has 0 saturated carbocycles. The van der Waals surface area contributed by atoms with E-state index in [2.05, 4.69) is 37.1 Å². The van der Waals surface area contributed by atoms with Crippen LogP contribution in [0.5, 0.6) is 0 Å². The standard InChI is InChI=1S/C11H18N2/c1-4-9(2)13-10(3)11-6-5-7-12-8-11/h5-10,13H,4H2,1-3H3/t9-,10-/m1/s1. The van der Waals surface area contributed by atoms with E-state index in [0.717, 1.165) is 6.42 Å². The van der Waals surface area contributed by atoms with Crippen LogP contribution in [0.3, 0.4) is 0 Å². The van der Waals surface area contributed by atoms with Gasteiger partial charge in [-0.3, -0.25) is 4.98 Å². The lowest BCUT2D eigenvalue weighted by Crippen LogP contribution is -2.28. The Morgan fingerprint density at radius 1 is 1.46 bits per heavy atom. The number of hydrogen-bond donors (Lipinski definition) is 1. The van der Waals surface area contributed by atoms with Crippen molar-refractivity contribution in [2.45, 2.75) is 39.3 Å². The number of nitrogens with one attached hydrogen (secondary N) is 1. The Hall–Kier alpha value is -0.890. The van der Waals surface area contributed by atoms with Gasteiger partial charge in [-0.15, -0.1) is 0 Å². The highest BCUT2D eigenvalue weighted by molar-refractivity contribution is 5.12. The molecule has 2 heteroatoms. The van der Waals surface area contributed by atoms with E-state index in [1.807, 2.05) is 12.3 Å². The Morgan fingerprint density at radius 2 is 2.23 bits per heavy atom. The molecule has 1 rings (SSSR count). The van der Waals surface area contributed by atoms with Gasteiger partial charge in [-0.1, -0.05) is 13.0 Å². The van der Waals surface area contributed by atoms with Gasteiger partial charge >= 0.3 is 0 Å². The summed E-state index contributed by atoms with van der Waals surface area (Å²) in [5, 5.41) is 3.51. The quantitative estimate of drug-likeness (QED) is 0.766. The summed E-state index contributed by atoms with van der Waals surface area (Å²) < 4.78 is 0. The predicted molar refractivity (Wildman–Crippen MR) is 55.5 cm³/mol. The molecular formula is C11H18N2. The summed E-state index contributed by atoms with van der Waals surface area (Å²) in [5.74, 6) is 0. The summed E-state index contributed by atoms with van der Waals surface area (Å²) in [7, 11) is 0. The smallest absolute Gasteiger partial charge is 0.0315 e. The molecule has 0 amide bonds. The Bertz CT molecular complexity index is 233. The van der Waals surface area contributed by atoms with Gasteiger partial charge < -0.3 is 5.32 Å². The van der Waals surface area contributed by atoms with Crippen molar-refractivity contribution in [3.8, 4) is 0 Å². The highest BCUT2D eigenvalue weighted by Crippen LogP contribution is 2.11. The second-order valence-electron chi connectivity index (χ2n) is 3.48. The van der Waals surface area contributed by atoms with E-state index in [-0.39, 0.29) is 0 Å². The number of nitrogens with zero attached hydrogens (tertiary/aromatic N) is 1. The minimum absolute atomic E-state index is 0.392. The molecule has 1 aromatic rings. The van der Waals surface area contributed by atoms with Crippen molar-refractivity contribution in [3.63, 3.8) is 0 Å². The fraction of sp³-hybridized carbons (Fsp3) is 0.545. The lowest BCUT2D eigenvalue weighted by Gasteiger charge is -2.18. The van der Waals surface area contributed by atoms with Crippen LogP contribution in [0.4, 0.5) is 0 Å². The first kappa shape index (κ1) is 10.2. The van der Waals surface area contributed by atoms with Gasteiger partial charge in [-0.05, 0) is 31.9 Å². The molecule has 0 bridgehead atoms. The molecule has 0 aliphatic heterocycles. The van der Waals surface area contributed by atoms with Crippen LogP contribution >= 0.6 is 0 Å². The van der Waals surface area contributed by atoms with Crippen molar-refractivity contribution in [1.82, 2.24) is 10.3 Å². The first-order valence-corrected chi connectivity index (χ1v) is 4.90. The molecule has 1 N–H and O–H groups in total. The maximum atomic E-state index is 4.10. The third-order valence-electron chi connectivity index (χ3n) is 2.33. The van der Waals surface area contributed by atoms with Crippen LogP contribution in [0.15, 0.2) is 24.5 Å². The predicted octanol–water partition coefficient (Wildman–Crippen LogP) is 2.53. The van der Waals surface area contributed by atoms with Gasteiger partial charge in [0.15, 0.2) is 0 Å². The number of hydrogen-bond acceptors (Lipinski definition) is 2. The molecule has 0 unspecified atom stereocenters. The van der Waals surface area contributed by atoms with Crippen molar-refractivity contribution in [1.29, 1.82) is 0 Å². The summed E-state index contributed by atoms with van der Waals surface area (Å²) in [6.45, 7) is 6.56. The Balaban J connectivity index is 2.53. The first-order chi connectivity index (χ1) is 6.24. The fourth-order valence-corrected chi connectivity index (χ4v) is 1.27. The van der Waals surface area contributed by atoms with Crippen molar-refractivity contribution >= 4 is 0 Å². The molecule has 0 radical (unpaired) electrons. The average molecular weight is 178 g/mol. The van der Waals surface area contributed by atoms with Crippen LogP contribution in [-0.4, -0.2) is 11.0 Å². The molecule has 0 saturated heterocycles. The van der Waals surface area contributed by atoms with Crippen molar-refractivity contribution in [3.05, 3.63) is 30.1 Å². The topological polar surface area (TPSA) is 24.9 Å². The van der Waals surface area contributed by atoms with E-state index in [4.69, 9.17) is 0 Å². The SMILES string of the molecule is CC[C@@H](C)N[C@H](C)c1cccnc1. The van der Waals surface area contributed by atoms with E-state index >= 15 is 0 Å². The lowest BCUT2D eigenvalue weighted by atomic mass is 10.1. The van der Waals surface area contributed by atoms with Gasteiger partial charge in [0.05, 0.1) is 0 Å². The highest BCUT2D eigenvalue weighted by atomic mass is 14.9. The van der Waals surface area contributed by atoms with Crippen LogP contribution in [0.2, 0.25) is 0 Å². The highest BCUT2D eigenvalue weighted by Gasteiger charge is 2.06. The van der Waals surface area contributed by atoms with Crippen molar-refractivity contribution in [2.24, 2.45) is 0 Å². The third-order valence-corrected chi connectivity index (χ3v) is 2.33. The molecule has 0 aliphatic rings. The van der Waals surface area contributed by atoms with Crippen LogP contribution in [0.25, 0.3) is 0 Å². The third kappa shape index (κ3) is 3.15. The van der Waals surface area contributed by atoms with E-state index in [9.17, 15) is 0 Å². The van der Waals surface area contributed by atoms with Gasteiger partial charge in [0.25, 0.3) is 0 Å². The Kier molecular flexibility index (Phi) is 3.90. The van der Waals surface area contributed by atoms with Gasteiger partial charge in [0.1, 0.15) is 0 Å². The summed E-state index contributed by atoms with van der Waals surface area (Å²) in [5.41, 5.74) is 1.25.